The zero-order valence-corrected chi connectivity index (χ0v) is 12.4. The molecule has 0 aromatic heterocycles. The van der Waals surface area contributed by atoms with E-state index in [-0.39, 0.29) is 21.2 Å². The third kappa shape index (κ3) is 2.92. The van der Waals surface area contributed by atoms with Gasteiger partial charge in [0, 0.05) is 20.6 Å². The van der Waals surface area contributed by atoms with E-state index in [0.717, 1.165) is 12.1 Å². The van der Waals surface area contributed by atoms with E-state index in [2.05, 4.69) is 15.9 Å². The van der Waals surface area contributed by atoms with Crippen molar-refractivity contribution in [1.82, 2.24) is 0 Å². The summed E-state index contributed by atoms with van der Waals surface area (Å²) in [5, 5.41) is 10.3. The van der Waals surface area contributed by atoms with Crippen molar-refractivity contribution in [2.24, 2.45) is 0 Å². The fraction of sp³-hybridized carbons (Fsp3) is 0.0769. The summed E-state index contributed by atoms with van der Waals surface area (Å²) in [6.07, 6.45) is -1.53. The highest BCUT2D eigenvalue weighted by Gasteiger charge is 2.22. The molecule has 2 rings (SSSR count). The Kier molecular flexibility index (Phi) is 4.46. The van der Waals surface area contributed by atoms with Crippen molar-refractivity contribution >= 4 is 39.1 Å². The Bertz CT molecular complexity index is 614. The SMILES string of the molecule is OC(c1cc(Cl)c(Br)cc1F)c1c(F)cccc1Cl. The molecule has 1 unspecified atom stereocenters. The molecule has 0 fully saturated rings. The Labute approximate surface area is 126 Å². The summed E-state index contributed by atoms with van der Waals surface area (Å²) in [6.45, 7) is 0. The molecule has 0 spiro atoms. The quantitative estimate of drug-likeness (QED) is 0.730. The Morgan fingerprint density at radius 1 is 1.05 bits per heavy atom. The molecule has 0 saturated heterocycles. The maximum Gasteiger partial charge on any atom is 0.130 e. The fourth-order valence-electron chi connectivity index (χ4n) is 1.67. The molecule has 100 valence electrons. The minimum Gasteiger partial charge on any atom is -0.383 e. The van der Waals surface area contributed by atoms with Crippen molar-refractivity contribution in [3.63, 3.8) is 0 Å². The second-order valence-electron chi connectivity index (χ2n) is 3.83. The van der Waals surface area contributed by atoms with Crippen LogP contribution in [0.4, 0.5) is 8.78 Å². The van der Waals surface area contributed by atoms with Crippen LogP contribution in [0.5, 0.6) is 0 Å². The maximum absolute atomic E-state index is 13.8. The average Bonchev–Trinajstić information content (AvgIpc) is 2.33. The van der Waals surface area contributed by atoms with Crippen LogP contribution in [0.1, 0.15) is 17.2 Å². The van der Waals surface area contributed by atoms with Gasteiger partial charge in [0.15, 0.2) is 0 Å². The maximum atomic E-state index is 13.8. The van der Waals surface area contributed by atoms with Gasteiger partial charge < -0.3 is 5.11 Å². The van der Waals surface area contributed by atoms with Gasteiger partial charge in [0.25, 0.3) is 0 Å². The smallest absolute Gasteiger partial charge is 0.130 e. The number of halogens is 5. The van der Waals surface area contributed by atoms with E-state index in [9.17, 15) is 13.9 Å². The first-order valence-electron chi connectivity index (χ1n) is 5.18. The van der Waals surface area contributed by atoms with Crippen molar-refractivity contribution in [2.45, 2.75) is 6.10 Å². The molecule has 2 aromatic rings. The summed E-state index contributed by atoms with van der Waals surface area (Å²) in [5.74, 6) is -1.42. The largest absolute Gasteiger partial charge is 0.383 e. The van der Waals surface area contributed by atoms with Gasteiger partial charge in [-0.15, -0.1) is 0 Å². The average molecular weight is 368 g/mol. The van der Waals surface area contributed by atoms with Gasteiger partial charge in [-0.25, -0.2) is 8.78 Å². The third-order valence-electron chi connectivity index (χ3n) is 2.61. The van der Waals surface area contributed by atoms with Gasteiger partial charge in [0.2, 0.25) is 0 Å². The van der Waals surface area contributed by atoms with Crippen LogP contribution < -0.4 is 0 Å². The van der Waals surface area contributed by atoms with Gasteiger partial charge >= 0.3 is 0 Å². The zero-order valence-electron chi connectivity index (χ0n) is 9.30. The first kappa shape index (κ1) is 14.7. The highest BCUT2D eigenvalue weighted by molar-refractivity contribution is 9.10. The molecule has 0 aliphatic heterocycles. The van der Waals surface area contributed by atoms with Gasteiger partial charge in [-0.1, -0.05) is 29.3 Å². The lowest BCUT2D eigenvalue weighted by atomic mass is 10.0. The lowest BCUT2D eigenvalue weighted by molar-refractivity contribution is 0.210. The van der Waals surface area contributed by atoms with Crippen molar-refractivity contribution in [1.29, 1.82) is 0 Å². The van der Waals surface area contributed by atoms with Gasteiger partial charge in [0.1, 0.15) is 17.7 Å². The summed E-state index contributed by atoms with van der Waals surface area (Å²) in [6, 6.07) is 6.30. The third-order valence-corrected chi connectivity index (χ3v) is 4.13. The molecule has 6 heteroatoms. The molecule has 0 aliphatic carbocycles. The molecular weight excluding hydrogens is 361 g/mol. The number of aliphatic hydroxyl groups is 1. The summed E-state index contributed by atoms with van der Waals surface area (Å²) in [5.41, 5.74) is -0.318. The van der Waals surface area contributed by atoms with Crippen molar-refractivity contribution in [3.8, 4) is 0 Å². The highest BCUT2D eigenvalue weighted by Crippen LogP contribution is 2.35. The van der Waals surface area contributed by atoms with Gasteiger partial charge in [0.05, 0.1) is 5.02 Å². The highest BCUT2D eigenvalue weighted by atomic mass is 79.9. The van der Waals surface area contributed by atoms with Crippen LogP contribution in [0.2, 0.25) is 10.0 Å². The molecule has 1 nitrogen and oxygen atoms in total. The minimum atomic E-state index is -1.53. The van der Waals surface area contributed by atoms with Crippen LogP contribution in [-0.2, 0) is 0 Å². The lowest BCUT2D eigenvalue weighted by Crippen LogP contribution is -2.06. The molecule has 0 amide bonds. The second kappa shape index (κ2) is 5.75. The van der Waals surface area contributed by atoms with Crippen LogP contribution in [0, 0.1) is 11.6 Å². The predicted molar refractivity (Wildman–Crippen MR) is 74.6 cm³/mol. The monoisotopic (exact) mass is 366 g/mol. The molecule has 0 radical (unpaired) electrons. The van der Waals surface area contributed by atoms with Crippen LogP contribution in [-0.4, -0.2) is 5.11 Å². The molecule has 0 bridgehead atoms. The normalized spacial score (nSPS) is 12.5. The standard InChI is InChI=1S/C13H7BrCl2F2O/c14-7-5-11(18)6(4-9(7)16)13(19)12-8(15)2-1-3-10(12)17/h1-5,13,19H. The van der Waals surface area contributed by atoms with Crippen LogP contribution >= 0.6 is 39.1 Å². The molecule has 1 N–H and O–H groups in total. The minimum absolute atomic E-state index is 0.0194. The summed E-state index contributed by atoms with van der Waals surface area (Å²) >= 11 is 14.7. The molecule has 0 saturated carbocycles. The van der Waals surface area contributed by atoms with E-state index in [1.54, 1.807) is 0 Å². The first-order chi connectivity index (χ1) is 8.91. The predicted octanol–water partition coefficient (Wildman–Crippen LogP) is 5.12. The Balaban J connectivity index is 2.56. The van der Waals surface area contributed by atoms with Crippen molar-refractivity contribution < 1.29 is 13.9 Å². The van der Waals surface area contributed by atoms with Crippen LogP contribution in [0.25, 0.3) is 0 Å². The second-order valence-corrected chi connectivity index (χ2v) is 5.49. The Morgan fingerprint density at radius 3 is 2.37 bits per heavy atom. The van der Waals surface area contributed by atoms with E-state index in [4.69, 9.17) is 23.2 Å². The van der Waals surface area contributed by atoms with Crippen molar-refractivity contribution in [3.05, 3.63) is 67.6 Å². The molecule has 2 aromatic carbocycles. The van der Waals surface area contributed by atoms with E-state index < -0.39 is 17.7 Å². The number of benzene rings is 2. The summed E-state index contributed by atoms with van der Waals surface area (Å²) in [4.78, 5) is 0. The van der Waals surface area contributed by atoms with Crippen LogP contribution in [0.3, 0.4) is 0 Å². The number of hydrogen-bond acceptors (Lipinski definition) is 1. The number of hydrogen-bond donors (Lipinski definition) is 1. The summed E-state index contributed by atoms with van der Waals surface area (Å²) in [7, 11) is 0. The van der Waals surface area contributed by atoms with Gasteiger partial charge in [-0.05, 0) is 40.2 Å². The molecule has 1 atom stereocenters. The number of aliphatic hydroxyl groups excluding tert-OH is 1. The number of rotatable bonds is 2. The van der Waals surface area contributed by atoms with Crippen molar-refractivity contribution in [2.75, 3.05) is 0 Å². The molecular formula is C13H7BrCl2F2O. The van der Waals surface area contributed by atoms with Crippen LogP contribution in [0.15, 0.2) is 34.8 Å². The fourth-order valence-corrected chi connectivity index (χ4v) is 2.43. The van der Waals surface area contributed by atoms with E-state index >= 15 is 0 Å². The van der Waals surface area contributed by atoms with E-state index in [0.29, 0.717) is 4.47 Å². The first-order valence-corrected chi connectivity index (χ1v) is 6.73. The van der Waals surface area contributed by atoms with Gasteiger partial charge in [-0.3, -0.25) is 0 Å². The van der Waals surface area contributed by atoms with Gasteiger partial charge in [-0.2, -0.15) is 0 Å². The topological polar surface area (TPSA) is 20.2 Å². The lowest BCUT2D eigenvalue weighted by Gasteiger charge is -2.15. The van der Waals surface area contributed by atoms with E-state index in [1.165, 1.54) is 18.2 Å². The Morgan fingerprint density at radius 2 is 1.74 bits per heavy atom. The molecule has 0 aliphatic rings. The summed E-state index contributed by atoms with van der Waals surface area (Å²) < 4.78 is 27.9. The molecule has 19 heavy (non-hydrogen) atoms. The zero-order chi connectivity index (χ0) is 14.2. The van der Waals surface area contributed by atoms with E-state index in [1.807, 2.05) is 0 Å². The molecule has 0 heterocycles. The Hall–Kier alpha value is -0.680.